The zero-order valence-corrected chi connectivity index (χ0v) is 20.1. The topological polar surface area (TPSA) is 76.2 Å². The smallest absolute Gasteiger partial charge is 0.334 e. The van der Waals surface area contributed by atoms with Gasteiger partial charge in [-0.15, -0.1) is 0 Å². The van der Waals surface area contributed by atoms with Crippen LogP contribution in [-0.2, 0) is 16.1 Å². The van der Waals surface area contributed by atoms with Crippen LogP contribution in [0, 0.1) is 0 Å². The summed E-state index contributed by atoms with van der Waals surface area (Å²) < 4.78 is 0. The summed E-state index contributed by atoms with van der Waals surface area (Å²) in [6, 6.07) is 18.1. The van der Waals surface area contributed by atoms with Crippen molar-refractivity contribution in [1.82, 2.24) is 25.1 Å². The van der Waals surface area contributed by atoms with Gasteiger partial charge in [0.25, 0.3) is 0 Å². The zero-order valence-electron chi connectivity index (χ0n) is 20.1. The Hall–Kier alpha value is -3.39. The van der Waals surface area contributed by atoms with E-state index in [9.17, 15) is 14.4 Å². The molecule has 0 aliphatic carbocycles. The third kappa shape index (κ3) is 4.50. The van der Waals surface area contributed by atoms with Gasteiger partial charge >= 0.3 is 6.03 Å². The number of fused-ring (bicyclic) bond motifs is 1. The summed E-state index contributed by atoms with van der Waals surface area (Å²) in [7, 11) is 1.74. The van der Waals surface area contributed by atoms with Gasteiger partial charge in [-0.2, -0.15) is 0 Å². The highest BCUT2D eigenvalue weighted by Crippen LogP contribution is 2.35. The average molecular weight is 464 g/mol. The summed E-state index contributed by atoms with van der Waals surface area (Å²) in [5.74, 6) is -0.246. The molecule has 0 saturated carbocycles. The maximum Gasteiger partial charge on any atom is 0.334 e. The Morgan fingerprint density at radius 3 is 2.24 bits per heavy atom. The molecule has 4 rings (SSSR count). The van der Waals surface area contributed by atoms with E-state index in [1.165, 1.54) is 0 Å². The SMILES string of the molecule is CCC(CC)N1CC2N(C(=O)CN(C)N2C(=O)NCc2ccccc2)[C@@H](c2ccccc2)C1=O. The molecular formula is C26H33N5O3. The first kappa shape index (κ1) is 23.8. The largest absolute Gasteiger partial charge is 0.334 e. The first-order valence-corrected chi connectivity index (χ1v) is 11.9. The fourth-order valence-electron chi connectivity index (χ4n) is 5.03. The molecule has 180 valence electrons. The van der Waals surface area contributed by atoms with Crippen LogP contribution in [0.4, 0.5) is 4.79 Å². The Labute approximate surface area is 201 Å². The van der Waals surface area contributed by atoms with Gasteiger partial charge in [-0.1, -0.05) is 74.5 Å². The van der Waals surface area contributed by atoms with E-state index in [-0.39, 0.29) is 37.0 Å². The van der Waals surface area contributed by atoms with Crippen LogP contribution in [0.15, 0.2) is 60.7 Å². The highest BCUT2D eigenvalue weighted by Gasteiger charge is 2.52. The molecule has 2 aliphatic rings. The fraction of sp³-hybridized carbons (Fsp3) is 0.423. The van der Waals surface area contributed by atoms with E-state index in [1.807, 2.05) is 65.6 Å². The normalized spacial score (nSPS) is 21.1. The van der Waals surface area contributed by atoms with Crippen LogP contribution in [0.1, 0.15) is 43.9 Å². The quantitative estimate of drug-likeness (QED) is 0.715. The number of likely N-dealkylation sites (N-methyl/N-ethyl adjacent to an activating group) is 1. The standard InChI is InChI=1S/C26H33N5O3/c1-4-21(5-2)29-17-22-30(24(25(29)33)20-14-10-7-11-15-20)23(32)18-28(3)31(22)26(34)27-16-19-12-8-6-9-13-19/h6-15,21-22,24H,4-5,16-18H2,1-3H3,(H,27,34)/t22?,24-/m0/s1. The highest BCUT2D eigenvalue weighted by molar-refractivity contribution is 5.92. The Kier molecular flexibility index (Phi) is 7.17. The van der Waals surface area contributed by atoms with Crippen molar-refractivity contribution in [3.05, 3.63) is 71.8 Å². The molecule has 8 heteroatoms. The second-order valence-corrected chi connectivity index (χ2v) is 8.86. The lowest BCUT2D eigenvalue weighted by atomic mass is 9.96. The lowest BCUT2D eigenvalue weighted by Crippen LogP contribution is -2.74. The summed E-state index contributed by atoms with van der Waals surface area (Å²) in [6.07, 6.45) is 1.02. The number of nitrogens with one attached hydrogen (secondary N) is 1. The van der Waals surface area contributed by atoms with E-state index in [0.717, 1.165) is 24.0 Å². The van der Waals surface area contributed by atoms with E-state index >= 15 is 0 Å². The van der Waals surface area contributed by atoms with E-state index in [4.69, 9.17) is 0 Å². The highest BCUT2D eigenvalue weighted by atomic mass is 16.2. The maximum absolute atomic E-state index is 13.8. The van der Waals surface area contributed by atoms with Gasteiger partial charge < -0.3 is 15.1 Å². The molecule has 0 radical (unpaired) electrons. The number of hydrogen-bond acceptors (Lipinski definition) is 4. The van der Waals surface area contributed by atoms with E-state index in [1.54, 1.807) is 22.0 Å². The van der Waals surface area contributed by atoms with Crippen molar-refractivity contribution in [3.8, 4) is 0 Å². The summed E-state index contributed by atoms with van der Waals surface area (Å²) in [6.45, 7) is 4.81. The van der Waals surface area contributed by atoms with Gasteiger partial charge in [0, 0.05) is 19.6 Å². The molecule has 2 aromatic rings. The second-order valence-electron chi connectivity index (χ2n) is 8.86. The van der Waals surface area contributed by atoms with Gasteiger partial charge in [0.2, 0.25) is 11.8 Å². The third-order valence-corrected chi connectivity index (χ3v) is 6.77. The van der Waals surface area contributed by atoms with Crippen LogP contribution in [0.2, 0.25) is 0 Å². The van der Waals surface area contributed by atoms with Crippen molar-refractivity contribution < 1.29 is 14.4 Å². The lowest BCUT2D eigenvalue weighted by molar-refractivity contribution is -0.190. The van der Waals surface area contributed by atoms with Gasteiger partial charge in [0.05, 0.1) is 13.1 Å². The van der Waals surface area contributed by atoms with Crippen molar-refractivity contribution in [1.29, 1.82) is 0 Å². The number of nitrogens with zero attached hydrogens (tertiary/aromatic N) is 4. The minimum atomic E-state index is -0.758. The Morgan fingerprint density at radius 1 is 1.00 bits per heavy atom. The molecule has 34 heavy (non-hydrogen) atoms. The van der Waals surface area contributed by atoms with E-state index in [0.29, 0.717) is 6.54 Å². The predicted molar refractivity (Wildman–Crippen MR) is 129 cm³/mol. The number of carbonyl (C=O) groups excluding carboxylic acids is 3. The Bertz CT molecular complexity index is 1010. The summed E-state index contributed by atoms with van der Waals surface area (Å²) >= 11 is 0. The van der Waals surface area contributed by atoms with Crippen LogP contribution >= 0.6 is 0 Å². The maximum atomic E-state index is 13.8. The van der Waals surface area contributed by atoms with Crippen molar-refractivity contribution in [2.75, 3.05) is 20.1 Å². The molecule has 2 aromatic carbocycles. The fourth-order valence-corrected chi connectivity index (χ4v) is 5.03. The van der Waals surface area contributed by atoms with Gasteiger partial charge in [-0.05, 0) is 24.0 Å². The molecule has 0 bridgehead atoms. The first-order chi connectivity index (χ1) is 16.5. The average Bonchev–Trinajstić information content (AvgIpc) is 2.85. The molecule has 8 nitrogen and oxygen atoms in total. The summed E-state index contributed by atoms with van der Waals surface area (Å²) in [5.41, 5.74) is 1.75. The molecule has 1 unspecified atom stereocenters. The van der Waals surface area contributed by atoms with Crippen molar-refractivity contribution >= 4 is 17.8 Å². The molecule has 0 aromatic heterocycles. The number of urea groups is 1. The van der Waals surface area contributed by atoms with E-state index in [2.05, 4.69) is 19.2 Å². The predicted octanol–water partition coefficient (Wildman–Crippen LogP) is 2.99. The zero-order chi connectivity index (χ0) is 24.2. The molecule has 1 N–H and O–H groups in total. The van der Waals surface area contributed by atoms with E-state index < -0.39 is 12.2 Å². The van der Waals surface area contributed by atoms with Crippen LogP contribution in [0.25, 0.3) is 0 Å². The number of amides is 4. The number of benzene rings is 2. The first-order valence-electron chi connectivity index (χ1n) is 11.9. The van der Waals surface area contributed by atoms with Gasteiger partial charge in [-0.25, -0.2) is 14.8 Å². The van der Waals surface area contributed by atoms with Gasteiger partial charge in [0.15, 0.2) is 0 Å². The lowest BCUT2D eigenvalue weighted by Gasteiger charge is -2.55. The van der Waals surface area contributed by atoms with Gasteiger partial charge in [-0.3, -0.25) is 9.59 Å². The molecule has 2 aliphatic heterocycles. The Balaban J connectivity index is 1.69. The molecule has 2 fully saturated rings. The third-order valence-electron chi connectivity index (χ3n) is 6.77. The Morgan fingerprint density at radius 2 is 1.62 bits per heavy atom. The monoisotopic (exact) mass is 463 g/mol. The van der Waals surface area contributed by atoms with Crippen molar-refractivity contribution in [2.24, 2.45) is 0 Å². The van der Waals surface area contributed by atoms with Crippen molar-refractivity contribution in [2.45, 2.75) is 51.5 Å². The van der Waals surface area contributed by atoms with Crippen LogP contribution < -0.4 is 5.32 Å². The minimum absolute atomic E-state index is 0.0247. The molecule has 0 spiro atoms. The van der Waals surface area contributed by atoms with Crippen LogP contribution in [-0.4, -0.2) is 70.0 Å². The van der Waals surface area contributed by atoms with Crippen molar-refractivity contribution in [3.63, 3.8) is 0 Å². The molecule has 4 amide bonds. The number of hydrazine groups is 1. The minimum Gasteiger partial charge on any atom is -0.334 e. The second kappa shape index (κ2) is 10.3. The number of carbonyl (C=O) groups is 3. The summed E-state index contributed by atoms with van der Waals surface area (Å²) in [4.78, 5) is 43.9. The molecule has 2 heterocycles. The number of rotatable bonds is 6. The van der Waals surface area contributed by atoms with Crippen LogP contribution in [0.5, 0.6) is 0 Å². The molecule has 2 atom stereocenters. The summed E-state index contributed by atoms with van der Waals surface area (Å²) in [5, 5.41) is 6.25. The van der Waals surface area contributed by atoms with Gasteiger partial charge in [0.1, 0.15) is 12.2 Å². The number of piperazine rings is 1. The molecular weight excluding hydrogens is 430 g/mol. The van der Waals surface area contributed by atoms with Crippen LogP contribution in [0.3, 0.4) is 0 Å². The molecule has 2 saturated heterocycles. The number of hydrogen-bond donors (Lipinski definition) is 1.